The molecule has 0 aliphatic carbocycles. The third-order valence-electron chi connectivity index (χ3n) is 5.88. The van der Waals surface area contributed by atoms with Crippen molar-refractivity contribution in [3.05, 3.63) is 108 Å². The van der Waals surface area contributed by atoms with Crippen molar-refractivity contribution in [3.63, 3.8) is 0 Å². The first-order chi connectivity index (χ1) is 17.2. The van der Waals surface area contributed by atoms with Gasteiger partial charge >= 0.3 is 0 Å². The van der Waals surface area contributed by atoms with Gasteiger partial charge in [-0.05, 0) is 48.2 Å². The van der Waals surface area contributed by atoms with E-state index in [0.717, 1.165) is 29.6 Å². The monoisotopic (exact) mass is 482 g/mol. The second kappa shape index (κ2) is 10.5. The zero-order chi connectivity index (χ0) is 24.0. The predicted molar refractivity (Wildman–Crippen MR) is 140 cm³/mol. The lowest BCUT2D eigenvalue weighted by molar-refractivity contribution is 0.0986. The number of aryl methyl sites for hydroxylation is 1. The summed E-state index contributed by atoms with van der Waals surface area (Å²) in [5, 5.41) is 0.675. The number of carbonyl (C=O) groups is 1. The maximum atomic E-state index is 13.7. The van der Waals surface area contributed by atoms with Crippen molar-refractivity contribution >= 4 is 32.6 Å². The normalized spacial score (nSPS) is 11.0. The Morgan fingerprint density at radius 1 is 1.00 bits per heavy atom. The predicted octanol–water partition coefficient (Wildman–Crippen LogP) is 5.83. The fourth-order valence-corrected chi connectivity index (χ4v) is 5.07. The quantitative estimate of drug-likeness (QED) is 0.265. The van der Waals surface area contributed by atoms with Gasteiger partial charge in [-0.3, -0.25) is 9.69 Å². The van der Waals surface area contributed by atoms with Gasteiger partial charge in [0.2, 0.25) is 0 Å². The SMILES string of the molecule is COc1cccc2sc(N(CCCn3ccnc3)C(=O)c3ccc(Cc4ccccc4)cc3)nc12. The Labute approximate surface area is 208 Å². The Balaban J connectivity index is 1.40. The average molecular weight is 483 g/mol. The number of fused-ring (bicyclic) bond motifs is 1. The van der Waals surface area contributed by atoms with Crippen LogP contribution in [-0.4, -0.2) is 34.1 Å². The van der Waals surface area contributed by atoms with Crippen LogP contribution in [0, 0.1) is 0 Å². The van der Waals surface area contributed by atoms with Crippen molar-refractivity contribution in [2.24, 2.45) is 0 Å². The Bertz CT molecular complexity index is 1400. The Morgan fingerprint density at radius 3 is 2.54 bits per heavy atom. The zero-order valence-electron chi connectivity index (χ0n) is 19.5. The van der Waals surface area contributed by atoms with E-state index in [9.17, 15) is 4.79 Å². The van der Waals surface area contributed by atoms with Crippen LogP contribution in [0.5, 0.6) is 5.75 Å². The number of aromatic nitrogens is 3. The smallest absolute Gasteiger partial charge is 0.260 e. The molecule has 2 aromatic heterocycles. The minimum atomic E-state index is -0.0556. The largest absolute Gasteiger partial charge is 0.494 e. The van der Waals surface area contributed by atoms with E-state index >= 15 is 0 Å². The van der Waals surface area contributed by atoms with E-state index in [-0.39, 0.29) is 5.91 Å². The maximum absolute atomic E-state index is 13.7. The van der Waals surface area contributed by atoms with Crippen molar-refractivity contribution in [1.29, 1.82) is 0 Å². The number of carbonyl (C=O) groups excluding carboxylic acids is 1. The van der Waals surface area contributed by atoms with Crippen LogP contribution in [0.15, 0.2) is 91.5 Å². The number of hydrogen-bond donors (Lipinski definition) is 0. The molecule has 0 fully saturated rings. The van der Waals surface area contributed by atoms with E-state index in [2.05, 4.69) is 17.1 Å². The van der Waals surface area contributed by atoms with Crippen molar-refractivity contribution < 1.29 is 9.53 Å². The molecule has 0 saturated heterocycles. The highest BCUT2D eigenvalue weighted by Crippen LogP contribution is 2.34. The molecule has 0 bridgehead atoms. The van der Waals surface area contributed by atoms with Gasteiger partial charge in [-0.15, -0.1) is 0 Å². The van der Waals surface area contributed by atoms with Crippen molar-refractivity contribution in [3.8, 4) is 5.75 Å². The van der Waals surface area contributed by atoms with Crippen molar-refractivity contribution in [2.45, 2.75) is 19.4 Å². The number of ether oxygens (including phenoxy) is 1. The summed E-state index contributed by atoms with van der Waals surface area (Å²) < 4.78 is 8.50. The van der Waals surface area contributed by atoms with Crippen LogP contribution in [0.1, 0.15) is 27.9 Å². The molecule has 35 heavy (non-hydrogen) atoms. The number of anilines is 1. The number of para-hydroxylation sites is 1. The summed E-state index contributed by atoms with van der Waals surface area (Å²) in [4.78, 5) is 24.4. The summed E-state index contributed by atoms with van der Waals surface area (Å²) in [6, 6.07) is 24.1. The summed E-state index contributed by atoms with van der Waals surface area (Å²) >= 11 is 1.51. The molecule has 0 aliphatic rings. The number of thiazole rings is 1. The van der Waals surface area contributed by atoms with Crippen LogP contribution < -0.4 is 9.64 Å². The highest BCUT2D eigenvalue weighted by molar-refractivity contribution is 7.22. The molecule has 0 atom stereocenters. The molecule has 3 aromatic carbocycles. The van der Waals surface area contributed by atoms with E-state index < -0.39 is 0 Å². The number of benzene rings is 3. The molecule has 0 N–H and O–H groups in total. The highest BCUT2D eigenvalue weighted by Gasteiger charge is 2.22. The lowest BCUT2D eigenvalue weighted by atomic mass is 10.0. The van der Waals surface area contributed by atoms with Gasteiger partial charge in [0.15, 0.2) is 5.13 Å². The lowest BCUT2D eigenvalue weighted by Gasteiger charge is -2.20. The molecular formula is C28H26N4O2S. The Hall–Kier alpha value is -3.97. The second-order valence-corrected chi connectivity index (χ2v) is 9.28. The molecule has 0 radical (unpaired) electrons. The van der Waals surface area contributed by atoms with E-state index in [4.69, 9.17) is 9.72 Å². The maximum Gasteiger partial charge on any atom is 0.260 e. The lowest BCUT2D eigenvalue weighted by Crippen LogP contribution is -2.32. The van der Waals surface area contributed by atoms with Gasteiger partial charge in [-0.1, -0.05) is 59.9 Å². The summed E-state index contributed by atoms with van der Waals surface area (Å²) in [6.07, 6.45) is 7.10. The van der Waals surface area contributed by atoms with Crippen LogP contribution in [0.2, 0.25) is 0 Å². The fraction of sp³-hybridized carbons (Fsp3) is 0.179. The van der Waals surface area contributed by atoms with Crippen molar-refractivity contribution in [2.75, 3.05) is 18.6 Å². The zero-order valence-corrected chi connectivity index (χ0v) is 20.3. The third-order valence-corrected chi connectivity index (χ3v) is 6.92. The average Bonchev–Trinajstić information content (AvgIpc) is 3.57. The molecular weight excluding hydrogens is 456 g/mol. The number of methoxy groups -OCH3 is 1. The second-order valence-electron chi connectivity index (χ2n) is 8.27. The number of nitrogens with zero attached hydrogens (tertiary/aromatic N) is 4. The Kier molecular flexibility index (Phi) is 6.86. The number of imidazole rings is 1. The first-order valence-corrected chi connectivity index (χ1v) is 12.4. The molecule has 0 spiro atoms. The van der Waals surface area contributed by atoms with E-state index in [1.807, 2.05) is 71.4 Å². The molecule has 0 saturated carbocycles. The van der Waals surface area contributed by atoms with Crippen LogP contribution in [0.4, 0.5) is 5.13 Å². The number of hydrogen-bond acceptors (Lipinski definition) is 5. The topological polar surface area (TPSA) is 60.2 Å². The van der Waals surface area contributed by atoms with E-state index in [1.165, 1.54) is 22.5 Å². The van der Waals surface area contributed by atoms with Crippen molar-refractivity contribution in [1.82, 2.24) is 14.5 Å². The fourth-order valence-electron chi connectivity index (χ4n) is 4.06. The molecule has 2 heterocycles. The first-order valence-electron chi connectivity index (χ1n) is 11.6. The van der Waals surface area contributed by atoms with E-state index in [0.29, 0.717) is 23.0 Å². The molecule has 5 aromatic rings. The van der Waals surface area contributed by atoms with Gasteiger partial charge in [-0.2, -0.15) is 0 Å². The molecule has 0 unspecified atom stereocenters. The molecule has 7 heteroatoms. The summed E-state index contributed by atoms with van der Waals surface area (Å²) in [5.41, 5.74) is 3.84. The first kappa shape index (κ1) is 22.8. The van der Waals surface area contributed by atoms with Gasteiger partial charge in [0.1, 0.15) is 11.3 Å². The van der Waals surface area contributed by atoms with Gasteiger partial charge in [-0.25, -0.2) is 9.97 Å². The highest BCUT2D eigenvalue weighted by atomic mass is 32.1. The van der Waals surface area contributed by atoms with Crippen LogP contribution in [-0.2, 0) is 13.0 Å². The van der Waals surface area contributed by atoms with Crippen LogP contribution >= 0.6 is 11.3 Å². The van der Waals surface area contributed by atoms with Gasteiger partial charge in [0.05, 0.1) is 18.1 Å². The van der Waals surface area contributed by atoms with Gasteiger partial charge in [0, 0.05) is 31.0 Å². The minimum absolute atomic E-state index is 0.0556. The molecule has 0 aliphatic heterocycles. The Morgan fingerprint density at radius 2 is 1.80 bits per heavy atom. The summed E-state index contributed by atoms with van der Waals surface area (Å²) in [7, 11) is 1.64. The van der Waals surface area contributed by atoms with E-state index in [1.54, 1.807) is 24.5 Å². The number of rotatable bonds is 9. The van der Waals surface area contributed by atoms with Gasteiger partial charge in [0.25, 0.3) is 5.91 Å². The third kappa shape index (κ3) is 5.25. The summed E-state index contributed by atoms with van der Waals surface area (Å²) in [5.74, 6) is 0.654. The molecule has 5 rings (SSSR count). The molecule has 1 amide bonds. The standard InChI is InChI=1S/C28H26N4O2S/c1-34-24-9-5-10-25-26(24)30-28(35-25)32(17-6-16-31-18-15-29-20-31)27(33)23-13-11-22(12-14-23)19-21-7-3-2-4-8-21/h2-5,7-15,18,20H,6,16-17,19H2,1H3. The molecule has 176 valence electrons. The van der Waals surface area contributed by atoms with Crippen LogP contribution in [0.25, 0.3) is 10.2 Å². The minimum Gasteiger partial charge on any atom is -0.494 e. The van der Waals surface area contributed by atoms with Crippen LogP contribution in [0.3, 0.4) is 0 Å². The van der Waals surface area contributed by atoms with Gasteiger partial charge < -0.3 is 9.30 Å². The molecule has 6 nitrogen and oxygen atoms in total. The number of amides is 1. The summed E-state index contributed by atoms with van der Waals surface area (Å²) in [6.45, 7) is 1.32.